The zero-order valence-corrected chi connectivity index (χ0v) is 46.0. The number of aryl methyl sites for hydroxylation is 8. The Morgan fingerprint density at radius 2 is 0.641 bits per heavy atom. The van der Waals surface area contributed by atoms with Gasteiger partial charge in [-0.05, 0) is 195 Å². The van der Waals surface area contributed by atoms with Gasteiger partial charge in [-0.1, -0.05) is 198 Å². The number of fused-ring (bicyclic) bond motifs is 2. The van der Waals surface area contributed by atoms with Gasteiger partial charge in [-0.3, -0.25) is 0 Å². The minimum Gasteiger partial charge on any atom is -0.310 e. The Labute approximate surface area is 462 Å². The van der Waals surface area contributed by atoms with E-state index in [1.165, 1.54) is 100 Å². The van der Waals surface area contributed by atoms with Crippen molar-refractivity contribution in [3.05, 3.63) is 315 Å². The van der Waals surface area contributed by atoms with Crippen molar-refractivity contribution in [2.24, 2.45) is 0 Å². The monoisotopic (exact) mass is 1010 g/mol. The van der Waals surface area contributed by atoms with Gasteiger partial charge in [-0.2, -0.15) is 0 Å². The van der Waals surface area contributed by atoms with Gasteiger partial charge in [-0.25, -0.2) is 0 Å². The lowest BCUT2D eigenvalue weighted by Gasteiger charge is -2.47. The van der Waals surface area contributed by atoms with E-state index in [9.17, 15) is 0 Å². The lowest BCUT2D eigenvalue weighted by atomic mass is 9.62. The molecule has 12 rings (SSSR count). The summed E-state index contributed by atoms with van der Waals surface area (Å²) in [5.41, 5.74) is 29.1. The summed E-state index contributed by atoms with van der Waals surface area (Å²) in [7, 11) is 0. The quantitative estimate of drug-likeness (QED) is 0.128. The summed E-state index contributed by atoms with van der Waals surface area (Å²) in [4.78, 5) is 7.37. The zero-order chi connectivity index (χ0) is 53.7. The van der Waals surface area contributed by atoms with Gasteiger partial charge in [-0.15, -0.1) is 0 Å². The molecule has 0 saturated heterocycles. The van der Waals surface area contributed by atoms with Crippen molar-refractivity contribution < 1.29 is 0 Å². The lowest BCUT2D eigenvalue weighted by molar-refractivity contribution is 0.730. The van der Waals surface area contributed by atoms with Gasteiger partial charge in [0, 0.05) is 28.4 Å². The maximum atomic E-state index is 2.47. The van der Waals surface area contributed by atoms with E-state index in [1.54, 1.807) is 0 Å². The van der Waals surface area contributed by atoms with Crippen LogP contribution >= 0.6 is 0 Å². The van der Waals surface area contributed by atoms with Crippen LogP contribution in [-0.4, -0.2) is 0 Å². The number of hydrogen-bond donors (Lipinski definition) is 0. The molecule has 1 aliphatic rings. The fourth-order valence-electron chi connectivity index (χ4n) is 12.6. The summed E-state index contributed by atoms with van der Waals surface area (Å²) < 4.78 is 0. The van der Waals surface area contributed by atoms with Gasteiger partial charge in [0.1, 0.15) is 0 Å². The molecule has 0 spiro atoms. The topological polar surface area (TPSA) is 9.72 Å². The van der Waals surface area contributed by atoms with E-state index in [4.69, 9.17) is 0 Å². The molecule has 78 heavy (non-hydrogen) atoms. The van der Waals surface area contributed by atoms with E-state index >= 15 is 0 Å². The Morgan fingerprint density at radius 3 is 1.08 bits per heavy atom. The van der Waals surface area contributed by atoms with Crippen molar-refractivity contribution in [2.75, 3.05) is 14.7 Å². The average Bonchev–Trinajstić information content (AvgIpc) is 2.85. The lowest BCUT2D eigenvalue weighted by Crippen LogP contribution is -2.38. The molecular formula is C75H65N3. The highest BCUT2D eigenvalue weighted by Crippen LogP contribution is 2.58. The van der Waals surface area contributed by atoms with Crippen LogP contribution in [0.3, 0.4) is 0 Å². The highest BCUT2D eigenvalue weighted by Gasteiger charge is 2.47. The molecule has 380 valence electrons. The third-order valence-electron chi connectivity index (χ3n) is 15.9. The van der Waals surface area contributed by atoms with Crippen molar-refractivity contribution in [3.63, 3.8) is 0 Å². The van der Waals surface area contributed by atoms with E-state index in [1.807, 2.05) is 0 Å². The fraction of sp³-hybridized carbons (Fsp3) is 0.120. The zero-order valence-electron chi connectivity index (χ0n) is 46.0. The van der Waals surface area contributed by atoms with Crippen molar-refractivity contribution in [1.29, 1.82) is 0 Å². The molecule has 3 nitrogen and oxygen atoms in total. The maximum Gasteiger partial charge on any atom is 0.0742 e. The van der Waals surface area contributed by atoms with Crippen LogP contribution in [0.4, 0.5) is 51.2 Å². The van der Waals surface area contributed by atoms with Gasteiger partial charge in [0.05, 0.1) is 28.2 Å². The number of benzene rings is 11. The molecule has 0 N–H and O–H groups in total. The third kappa shape index (κ3) is 8.85. The molecule has 1 aliphatic heterocycles. The molecule has 0 atom stereocenters. The maximum absolute atomic E-state index is 2.47. The smallest absolute Gasteiger partial charge is 0.0742 e. The first-order valence-electron chi connectivity index (χ1n) is 27.3. The Bertz CT molecular complexity index is 3720. The van der Waals surface area contributed by atoms with Crippen LogP contribution < -0.4 is 14.7 Å². The van der Waals surface area contributed by atoms with Crippen molar-refractivity contribution in [3.8, 4) is 22.3 Å². The highest BCUT2D eigenvalue weighted by molar-refractivity contribution is 5.91. The van der Waals surface area contributed by atoms with Crippen LogP contribution in [0, 0.1) is 55.4 Å². The predicted molar refractivity (Wildman–Crippen MR) is 331 cm³/mol. The standard InChI is InChI=1S/C75H65N3/c1-50-23-34-68(35-24-50)78-71-22-16-15-21-69(71)75(70-49-51(2)25-44-72(70)78,62-30-40-66(41-31-62)76(73-54(5)45-52(3)46-55(73)6)64-36-26-60(27-37-64)58-17-11-9-12-18-58)63-32-42-67(43-33-63)77(74-56(7)47-53(4)48-57(74)8)65-38-28-61(29-39-65)59-19-13-10-14-20-59/h9-49H,1-8H3. The van der Waals surface area contributed by atoms with E-state index in [-0.39, 0.29) is 0 Å². The first-order chi connectivity index (χ1) is 38.0. The van der Waals surface area contributed by atoms with Crippen LogP contribution in [0.25, 0.3) is 22.3 Å². The summed E-state index contributed by atoms with van der Waals surface area (Å²) in [5.74, 6) is 0. The second kappa shape index (κ2) is 20.4. The van der Waals surface area contributed by atoms with Crippen LogP contribution in [-0.2, 0) is 5.41 Å². The Morgan fingerprint density at radius 1 is 0.282 bits per heavy atom. The summed E-state index contributed by atoms with van der Waals surface area (Å²) >= 11 is 0. The molecule has 0 fully saturated rings. The van der Waals surface area contributed by atoms with Gasteiger partial charge in [0.2, 0.25) is 0 Å². The normalized spacial score (nSPS) is 12.4. The van der Waals surface area contributed by atoms with Gasteiger partial charge >= 0.3 is 0 Å². The molecule has 1 heterocycles. The van der Waals surface area contributed by atoms with Gasteiger partial charge in [0.15, 0.2) is 0 Å². The molecule has 11 aromatic carbocycles. The summed E-state index contributed by atoms with van der Waals surface area (Å²) in [6.07, 6.45) is 0. The van der Waals surface area contributed by atoms with Crippen LogP contribution in [0.1, 0.15) is 66.8 Å². The van der Waals surface area contributed by atoms with E-state index in [2.05, 4.69) is 319 Å². The van der Waals surface area contributed by atoms with Crippen LogP contribution in [0.5, 0.6) is 0 Å². The second-order valence-corrected chi connectivity index (χ2v) is 21.5. The summed E-state index contributed by atoms with van der Waals surface area (Å²) in [6.45, 7) is 17.7. The Kier molecular flexibility index (Phi) is 13.0. The molecule has 11 aromatic rings. The molecule has 0 bridgehead atoms. The first-order valence-corrected chi connectivity index (χ1v) is 27.3. The summed E-state index contributed by atoms with van der Waals surface area (Å²) in [6, 6.07) is 92.7. The molecule has 0 radical (unpaired) electrons. The molecule has 0 amide bonds. The number of rotatable bonds is 11. The predicted octanol–water partition coefficient (Wildman–Crippen LogP) is 20.6. The number of hydrogen-bond acceptors (Lipinski definition) is 3. The molecular weight excluding hydrogens is 943 g/mol. The third-order valence-corrected chi connectivity index (χ3v) is 15.9. The summed E-state index contributed by atoms with van der Waals surface area (Å²) in [5, 5.41) is 0. The average molecular weight is 1010 g/mol. The largest absolute Gasteiger partial charge is 0.310 e. The SMILES string of the molecule is Cc1ccc(N2c3ccccc3C(c3ccc(N(c4ccc(-c5ccccc5)cc4)c4c(C)cc(C)cc4C)cc3)(c3ccc(N(c4ccc(-c5ccccc5)cc4)c4c(C)cc(C)cc4C)cc3)c3cc(C)ccc32)cc1. The Balaban J connectivity index is 1.07. The molecule has 0 unspecified atom stereocenters. The van der Waals surface area contributed by atoms with E-state index in [0.29, 0.717) is 0 Å². The highest BCUT2D eigenvalue weighted by atomic mass is 15.2. The molecule has 3 heteroatoms. The van der Waals surface area contributed by atoms with Crippen LogP contribution in [0.15, 0.2) is 249 Å². The number of nitrogens with zero attached hydrogens (tertiary/aromatic N) is 3. The van der Waals surface area contributed by atoms with Crippen LogP contribution in [0.2, 0.25) is 0 Å². The molecule has 0 aliphatic carbocycles. The van der Waals surface area contributed by atoms with Crippen molar-refractivity contribution in [2.45, 2.75) is 60.8 Å². The minimum absolute atomic E-state index is 0.730. The second-order valence-electron chi connectivity index (χ2n) is 21.5. The van der Waals surface area contributed by atoms with Gasteiger partial charge < -0.3 is 14.7 Å². The first kappa shape index (κ1) is 49.7. The minimum atomic E-state index is -0.730. The number of anilines is 9. The number of para-hydroxylation sites is 1. The molecule has 0 aromatic heterocycles. The van der Waals surface area contributed by atoms with Crippen molar-refractivity contribution in [1.82, 2.24) is 0 Å². The van der Waals surface area contributed by atoms with Gasteiger partial charge in [0.25, 0.3) is 0 Å². The van der Waals surface area contributed by atoms with E-state index < -0.39 is 5.41 Å². The van der Waals surface area contributed by atoms with E-state index in [0.717, 1.165) is 39.8 Å². The fourth-order valence-corrected chi connectivity index (χ4v) is 12.6. The Hall–Kier alpha value is -9.18. The molecule has 0 saturated carbocycles. The van der Waals surface area contributed by atoms with Crippen molar-refractivity contribution >= 4 is 51.2 Å².